The molecule has 148 valence electrons. The van der Waals surface area contributed by atoms with Gasteiger partial charge < -0.3 is 24.0 Å². The minimum atomic E-state index is 0.770. The molecule has 0 N–H and O–H groups in total. The van der Waals surface area contributed by atoms with Crippen LogP contribution in [0, 0.1) is 0 Å². The molecule has 6 heteroatoms. The monoisotopic (exact) mass is 381 g/mol. The van der Waals surface area contributed by atoms with Crippen molar-refractivity contribution in [1.29, 1.82) is 0 Å². The van der Waals surface area contributed by atoms with Gasteiger partial charge in [-0.3, -0.25) is 4.99 Å². The van der Waals surface area contributed by atoms with Gasteiger partial charge in [0.1, 0.15) is 5.75 Å². The number of aliphatic imine (C=N–C) groups is 1. The van der Waals surface area contributed by atoms with Gasteiger partial charge in [0.05, 0.1) is 39.2 Å². The Labute approximate surface area is 166 Å². The van der Waals surface area contributed by atoms with Crippen molar-refractivity contribution in [3.8, 4) is 5.75 Å². The van der Waals surface area contributed by atoms with Gasteiger partial charge in [-0.05, 0) is 36.4 Å². The SMILES string of the molecule is COc1cc(N2CCOCC2)ccc1C=Nc1ccc(N2CCOCC2)cc1. The average Bonchev–Trinajstić information content (AvgIpc) is 2.79. The second-order valence-electron chi connectivity index (χ2n) is 6.90. The summed E-state index contributed by atoms with van der Waals surface area (Å²) in [6, 6.07) is 14.6. The number of rotatable bonds is 5. The fourth-order valence-corrected chi connectivity index (χ4v) is 3.54. The van der Waals surface area contributed by atoms with Crippen LogP contribution in [0.1, 0.15) is 5.56 Å². The Morgan fingerprint density at radius 3 is 2.00 bits per heavy atom. The largest absolute Gasteiger partial charge is 0.496 e. The van der Waals surface area contributed by atoms with Crippen molar-refractivity contribution in [2.75, 3.05) is 69.5 Å². The molecule has 0 spiro atoms. The van der Waals surface area contributed by atoms with Gasteiger partial charge in [0.25, 0.3) is 0 Å². The molecule has 2 saturated heterocycles. The predicted molar refractivity (Wildman–Crippen MR) is 113 cm³/mol. The number of nitrogens with zero attached hydrogens (tertiary/aromatic N) is 3. The van der Waals surface area contributed by atoms with Crippen LogP contribution in [0.2, 0.25) is 0 Å². The molecule has 2 aliphatic rings. The molecule has 0 atom stereocenters. The van der Waals surface area contributed by atoms with Crippen molar-refractivity contribution in [3.63, 3.8) is 0 Å². The molecule has 0 unspecified atom stereocenters. The Bertz CT molecular complexity index is 795. The maximum atomic E-state index is 5.60. The lowest BCUT2D eigenvalue weighted by Crippen LogP contribution is -2.36. The first-order valence-corrected chi connectivity index (χ1v) is 9.81. The second-order valence-corrected chi connectivity index (χ2v) is 6.90. The number of hydrogen-bond acceptors (Lipinski definition) is 6. The molecule has 28 heavy (non-hydrogen) atoms. The number of ether oxygens (including phenoxy) is 3. The smallest absolute Gasteiger partial charge is 0.129 e. The summed E-state index contributed by atoms with van der Waals surface area (Å²) in [4.78, 5) is 9.29. The van der Waals surface area contributed by atoms with Crippen LogP contribution in [0.3, 0.4) is 0 Å². The van der Waals surface area contributed by atoms with Crippen molar-refractivity contribution in [1.82, 2.24) is 0 Å². The quantitative estimate of drug-likeness (QED) is 0.745. The summed E-state index contributed by atoms with van der Waals surface area (Å²) in [5.41, 5.74) is 4.27. The van der Waals surface area contributed by atoms with Crippen molar-refractivity contribution in [2.24, 2.45) is 4.99 Å². The van der Waals surface area contributed by atoms with Crippen molar-refractivity contribution in [2.45, 2.75) is 0 Å². The fourth-order valence-electron chi connectivity index (χ4n) is 3.54. The molecule has 0 aliphatic carbocycles. The van der Waals surface area contributed by atoms with E-state index >= 15 is 0 Å². The van der Waals surface area contributed by atoms with Crippen LogP contribution in [0.25, 0.3) is 0 Å². The topological polar surface area (TPSA) is 46.5 Å². The minimum absolute atomic E-state index is 0.770. The van der Waals surface area contributed by atoms with E-state index in [1.54, 1.807) is 7.11 Å². The minimum Gasteiger partial charge on any atom is -0.496 e. The molecule has 0 amide bonds. The summed E-state index contributed by atoms with van der Waals surface area (Å²) in [6.07, 6.45) is 1.87. The lowest BCUT2D eigenvalue weighted by atomic mass is 10.1. The molecule has 0 saturated carbocycles. The molecule has 0 radical (unpaired) electrons. The molecule has 2 aromatic rings. The zero-order chi connectivity index (χ0) is 19.2. The molecule has 2 aliphatic heterocycles. The van der Waals surface area contributed by atoms with Crippen LogP contribution in [0.5, 0.6) is 5.75 Å². The lowest BCUT2D eigenvalue weighted by molar-refractivity contribution is 0.122. The number of anilines is 2. The maximum absolute atomic E-state index is 5.60. The molecule has 2 fully saturated rings. The first-order chi connectivity index (χ1) is 13.8. The van der Waals surface area contributed by atoms with Crippen LogP contribution in [-0.4, -0.2) is 65.9 Å². The Morgan fingerprint density at radius 2 is 1.39 bits per heavy atom. The Hall–Kier alpha value is -2.57. The summed E-state index contributed by atoms with van der Waals surface area (Å²) < 4.78 is 16.4. The predicted octanol–water partition coefficient (Wildman–Crippen LogP) is 3.12. The standard InChI is InChI=1S/C22H27N3O3/c1-26-22-16-21(25-10-14-28-15-11-25)5-2-18(22)17-23-19-3-6-20(7-4-19)24-8-12-27-13-9-24/h2-7,16-17H,8-15H2,1H3. The summed E-state index contributed by atoms with van der Waals surface area (Å²) in [6.45, 7) is 6.82. The maximum Gasteiger partial charge on any atom is 0.129 e. The first kappa shape index (κ1) is 18.8. The molecule has 0 aromatic heterocycles. The highest BCUT2D eigenvalue weighted by molar-refractivity contribution is 5.86. The highest BCUT2D eigenvalue weighted by Crippen LogP contribution is 2.26. The van der Waals surface area contributed by atoms with Crippen LogP contribution >= 0.6 is 0 Å². The summed E-state index contributed by atoms with van der Waals surface area (Å²) in [5, 5.41) is 0. The molecule has 4 rings (SSSR count). The van der Waals surface area contributed by atoms with E-state index in [1.165, 1.54) is 5.69 Å². The lowest BCUT2D eigenvalue weighted by Gasteiger charge is -2.29. The van der Waals surface area contributed by atoms with E-state index in [9.17, 15) is 0 Å². The van der Waals surface area contributed by atoms with Gasteiger partial charge in [-0.25, -0.2) is 0 Å². The summed E-state index contributed by atoms with van der Waals surface area (Å²) in [7, 11) is 1.70. The third-order valence-corrected chi connectivity index (χ3v) is 5.17. The number of morpholine rings is 2. The van der Waals surface area contributed by atoms with Crippen molar-refractivity contribution in [3.05, 3.63) is 48.0 Å². The van der Waals surface area contributed by atoms with Crippen LogP contribution in [0.4, 0.5) is 17.1 Å². The number of benzene rings is 2. The fraction of sp³-hybridized carbons (Fsp3) is 0.409. The van der Waals surface area contributed by atoms with Crippen molar-refractivity contribution < 1.29 is 14.2 Å². The molecular formula is C22H27N3O3. The highest BCUT2D eigenvalue weighted by Gasteiger charge is 2.13. The third-order valence-electron chi connectivity index (χ3n) is 5.17. The average molecular weight is 381 g/mol. The van der Waals surface area contributed by atoms with Gasteiger partial charge in [0.2, 0.25) is 0 Å². The Balaban J connectivity index is 1.46. The van der Waals surface area contributed by atoms with E-state index in [0.29, 0.717) is 0 Å². The normalized spacial score (nSPS) is 17.9. The first-order valence-electron chi connectivity index (χ1n) is 9.81. The molecule has 0 bridgehead atoms. The number of hydrogen-bond donors (Lipinski definition) is 0. The van der Waals surface area contributed by atoms with E-state index in [2.05, 4.69) is 57.3 Å². The van der Waals surface area contributed by atoms with E-state index in [0.717, 1.165) is 75.3 Å². The van der Waals surface area contributed by atoms with Gasteiger partial charge in [0, 0.05) is 55.4 Å². The van der Waals surface area contributed by atoms with E-state index in [1.807, 2.05) is 6.21 Å². The van der Waals surface area contributed by atoms with Gasteiger partial charge in [-0.1, -0.05) is 0 Å². The Kier molecular flexibility index (Phi) is 6.09. The second kappa shape index (κ2) is 9.08. The third kappa shape index (κ3) is 4.46. The summed E-state index contributed by atoms with van der Waals surface area (Å²) >= 11 is 0. The van der Waals surface area contributed by atoms with E-state index in [-0.39, 0.29) is 0 Å². The van der Waals surface area contributed by atoms with Gasteiger partial charge in [-0.2, -0.15) is 0 Å². The highest BCUT2D eigenvalue weighted by atomic mass is 16.5. The zero-order valence-corrected chi connectivity index (χ0v) is 16.3. The zero-order valence-electron chi connectivity index (χ0n) is 16.3. The van der Waals surface area contributed by atoms with Gasteiger partial charge >= 0.3 is 0 Å². The Morgan fingerprint density at radius 1 is 0.821 bits per heavy atom. The van der Waals surface area contributed by atoms with Crippen LogP contribution < -0.4 is 14.5 Å². The molecular weight excluding hydrogens is 354 g/mol. The molecule has 2 aromatic carbocycles. The van der Waals surface area contributed by atoms with Crippen LogP contribution in [-0.2, 0) is 9.47 Å². The van der Waals surface area contributed by atoms with Gasteiger partial charge in [-0.15, -0.1) is 0 Å². The molecule has 2 heterocycles. The molecule has 6 nitrogen and oxygen atoms in total. The van der Waals surface area contributed by atoms with E-state index < -0.39 is 0 Å². The van der Waals surface area contributed by atoms with Gasteiger partial charge in [0.15, 0.2) is 0 Å². The van der Waals surface area contributed by atoms with Crippen LogP contribution in [0.15, 0.2) is 47.5 Å². The number of methoxy groups -OCH3 is 1. The van der Waals surface area contributed by atoms with Crippen molar-refractivity contribution >= 4 is 23.3 Å². The summed E-state index contributed by atoms with van der Waals surface area (Å²) in [5.74, 6) is 0.831. The van der Waals surface area contributed by atoms with E-state index in [4.69, 9.17) is 14.2 Å².